The minimum atomic E-state index is 0.190. The van der Waals surface area contributed by atoms with Crippen molar-refractivity contribution < 1.29 is 9.53 Å². The van der Waals surface area contributed by atoms with Gasteiger partial charge in [0.15, 0.2) is 0 Å². The van der Waals surface area contributed by atoms with Crippen molar-refractivity contribution in [3.8, 4) is 5.75 Å². The highest BCUT2D eigenvalue weighted by molar-refractivity contribution is 9.10. The summed E-state index contributed by atoms with van der Waals surface area (Å²) in [7, 11) is 0. The van der Waals surface area contributed by atoms with E-state index in [0.29, 0.717) is 11.9 Å². The van der Waals surface area contributed by atoms with Crippen LogP contribution < -0.4 is 9.64 Å². The van der Waals surface area contributed by atoms with Crippen molar-refractivity contribution in [2.75, 3.05) is 37.7 Å². The van der Waals surface area contributed by atoms with Gasteiger partial charge in [0.25, 0.3) is 5.24 Å². The highest BCUT2D eigenvalue weighted by Crippen LogP contribution is 2.33. The van der Waals surface area contributed by atoms with Gasteiger partial charge < -0.3 is 14.5 Å². The van der Waals surface area contributed by atoms with Crippen LogP contribution in [0.25, 0.3) is 0 Å². The van der Waals surface area contributed by atoms with Crippen LogP contribution in [0, 0.1) is 5.92 Å². The lowest BCUT2D eigenvalue weighted by molar-refractivity contribution is 0.182. The molecule has 6 heteroatoms. The summed E-state index contributed by atoms with van der Waals surface area (Å²) in [6.45, 7) is 6.95. The highest BCUT2D eigenvalue weighted by Gasteiger charge is 2.32. The molecule has 2 aromatic carbocycles. The standard InChI is InChI=1S/C25H31BrN2O2S/c1-2-30-22-8-9-24(26)20(17-22)16-19-10-13-27(14-11-19)15-12-23-18-28(25(29)31-23)21-6-4-3-5-7-21/h3-9,17,19,23H,2,10-16,18H2,1H3. The van der Waals surface area contributed by atoms with Gasteiger partial charge in [-0.3, -0.25) is 4.79 Å². The molecule has 1 atom stereocenters. The first-order valence-electron chi connectivity index (χ1n) is 11.3. The molecule has 0 aromatic heterocycles. The van der Waals surface area contributed by atoms with E-state index in [1.54, 1.807) is 0 Å². The summed E-state index contributed by atoms with van der Waals surface area (Å²) in [5, 5.41) is 0.581. The molecule has 4 rings (SSSR count). The van der Waals surface area contributed by atoms with Gasteiger partial charge in [0, 0.05) is 22.0 Å². The zero-order valence-corrected chi connectivity index (χ0v) is 20.5. The Morgan fingerprint density at radius 1 is 1.13 bits per heavy atom. The quantitative estimate of drug-likeness (QED) is 0.427. The molecule has 166 valence electrons. The summed E-state index contributed by atoms with van der Waals surface area (Å²) in [5.74, 6) is 1.69. The zero-order chi connectivity index (χ0) is 21.6. The second-order valence-electron chi connectivity index (χ2n) is 8.42. The number of halogens is 1. The number of thioether (sulfide) groups is 1. The number of para-hydroxylation sites is 1. The third kappa shape index (κ3) is 6.05. The first-order chi connectivity index (χ1) is 15.1. The fourth-order valence-corrected chi connectivity index (χ4v) is 5.95. The SMILES string of the molecule is CCOc1ccc(Br)c(CC2CCN(CCC3CN(c4ccccc4)C(=O)S3)CC2)c1. The monoisotopic (exact) mass is 502 g/mol. The predicted octanol–water partition coefficient (Wildman–Crippen LogP) is 6.23. The van der Waals surface area contributed by atoms with Gasteiger partial charge in [0.1, 0.15) is 5.75 Å². The molecule has 2 saturated heterocycles. The molecule has 0 N–H and O–H groups in total. The van der Waals surface area contributed by atoms with Crippen molar-refractivity contribution in [1.82, 2.24) is 4.90 Å². The number of anilines is 1. The molecule has 2 heterocycles. The largest absolute Gasteiger partial charge is 0.494 e. The molecule has 0 saturated carbocycles. The normalized spacial score (nSPS) is 20.4. The molecule has 2 aromatic rings. The molecule has 2 aliphatic rings. The lowest BCUT2D eigenvalue weighted by Crippen LogP contribution is -2.36. The van der Waals surface area contributed by atoms with Crippen molar-refractivity contribution >= 4 is 38.6 Å². The molecular formula is C25H31BrN2O2S. The van der Waals surface area contributed by atoms with E-state index in [0.717, 1.165) is 56.4 Å². The summed E-state index contributed by atoms with van der Waals surface area (Å²) in [6, 6.07) is 16.4. The molecule has 0 bridgehead atoms. The first-order valence-corrected chi connectivity index (χ1v) is 13.0. The number of likely N-dealkylation sites (tertiary alicyclic amines) is 1. The van der Waals surface area contributed by atoms with Crippen LogP contribution in [0.3, 0.4) is 0 Å². The van der Waals surface area contributed by atoms with E-state index in [4.69, 9.17) is 4.74 Å². The molecule has 0 aliphatic carbocycles. The van der Waals surface area contributed by atoms with Gasteiger partial charge >= 0.3 is 0 Å². The van der Waals surface area contributed by atoms with Crippen molar-refractivity contribution in [3.05, 3.63) is 58.6 Å². The molecule has 4 nitrogen and oxygen atoms in total. The number of amides is 1. The molecule has 2 fully saturated rings. The maximum atomic E-state index is 12.4. The second kappa shape index (κ2) is 10.9. The maximum absolute atomic E-state index is 12.4. The van der Waals surface area contributed by atoms with Crippen molar-refractivity contribution in [1.29, 1.82) is 0 Å². The number of hydrogen-bond acceptors (Lipinski definition) is 4. The smallest absolute Gasteiger partial charge is 0.286 e. The number of ether oxygens (including phenoxy) is 1. The number of carbonyl (C=O) groups excluding carboxylic acids is 1. The Hall–Kier alpha value is -1.50. The number of rotatable bonds is 8. The van der Waals surface area contributed by atoms with Crippen LogP contribution in [0.5, 0.6) is 5.75 Å². The number of hydrogen-bond donors (Lipinski definition) is 0. The summed E-state index contributed by atoms with van der Waals surface area (Å²) in [6.07, 6.45) is 4.65. The highest BCUT2D eigenvalue weighted by atomic mass is 79.9. The molecular weight excluding hydrogens is 472 g/mol. The summed E-state index contributed by atoms with van der Waals surface area (Å²) in [4.78, 5) is 16.9. The van der Waals surface area contributed by atoms with E-state index in [-0.39, 0.29) is 5.24 Å². The van der Waals surface area contributed by atoms with Gasteiger partial charge in [-0.05, 0) is 94.1 Å². The lowest BCUT2D eigenvalue weighted by Gasteiger charge is -2.32. The Bertz CT molecular complexity index is 871. The molecule has 31 heavy (non-hydrogen) atoms. The van der Waals surface area contributed by atoms with Gasteiger partial charge in [-0.15, -0.1) is 0 Å². The Morgan fingerprint density at radius 3 is 2.65 bits per heavy atom. The van der Waals surface area contributed by atoms with E-state index in [1.165, 1.54) is 34.6 Å². The second-order valence-corrected chi connectivity index (χ2v) is 10.5. The van der Waals surface area contributed by atoms with Crippen LogP contribution in [-0.4, -0.2) is 48.2 Å². The van der Waals surface area contributed by atoms with Gasteiger partial charge in [-0.2, -0.15) is 0 Å². The molecule has 0 radical (unpaired) electrons. The Morgan fingerprint density at radius 2 is 1.90 bits per heavy atom. The molecule has 1 amide bonds. The van der Waals surface area contributed by atoms with Crippen LogP contribution in [0.1, 0.15) is 31.7 Å². The Balaban J connectivity index is 1.21. The summed E-state index contributed by atoms with van der Waals surface area (Å²) >= 11 is 5.22. The molecule has 2 aliphatic heterocycles. The summed E-state index contributed by atoms with van der Waals surface area (Å²) < 4.78 is 6.86. The summed E-state index contributed by atoms with van der Waals surface area (Å²) in [5.41, 5.74) is 2.37. The van der Waals surface area contributed by atoms with Crippen molar-refractivity contribution in [3.63, 3.8) is 0 Å². The number of piperidine rings is 1. The van der Waals surface area contributed by atoms with Crippen LogP contribution in [0.15, 0.2) is 53.0 Å². The van der Waals surface area contributed by atoms with Gasteiger partial charge in [-0.25, -0.2) is 0 Å². The molecule has 0 spiro atoms. The Labute approximate surface area is 198 Å². The van der Waals surface area contributed by atoms with E-state index >= 15 is 0 Å². The number of benzene rings is 2. The minimum Gasteiger partial charge on any atom is -0.494 e. The van der Waals surface area contributed by atoms with Crippen LogP contribution in [0.4, 0.5) is 10.5 Å². The van der Waals surface area contributed by atoms with E-state index < -0.39 is 0 Å². The fourth-order valence-electron chi connectivity index (χ4n) is 4.51. The predicted molar refractivity (Wildman–Crippen MR) is 133 cm³/mol. The number of carbonyl (C=O) groups is 1. The van der Waals surface area contributed by atoms with E-state index in [2.05, 4.69) is 33.0 Å². The fraction of sp³-hybridized carbons (Fsp3) is 0.480. The lowest BCUT2D eigenvalue weighted by atomic mass is 9.90. The van der Waals surface area contributed by atoms with Crippen molar-refractivity contribution in [2.24, 2.45) is 5.92 Å². The topological polar surface area (TPSA) is 32.8 Å². The zero-order valence-electron chi connectivity index (χ0n) is 18.1. The van der Waals surface area contributed by atoms with Gasteiger partial charge in [-0.1, -0.05) is 45.9 Å². The molecule has 1 unspecified atom stereocenters. The van der Waals surface area contributed by atoms with E-state index in [1.807, 2.05) is 48.2 Å². The maximum Gasteiger partial charge on any atom is 0.286 e. The number of nitrogens with zero attached hydrogens (tertiary/aromatic N) is 2. The third-order valence-electron chi connectivity index (χ3n) is 6.25. The minimum absolute atomic E-state index is 0.190. The van der Waals surface area contributed by atoms with Crippen LogP contribution >= 0.6 is 27.7 Å². The third-order valence-corrected chi connectivity index (χ3v) is 8.17. The van der Waals surface area contributed by atoms with Crippen LogP contribution in [-0.2, 0) is 6.42 Å². The Kier molecular flexibility index (Phi) is 7.96. The first kappa shape index (κ1) is 22.7. The van der Waals surface area contributed by atoms with E-state index in [9.17, 15) is 4.79 Å². The van der Waals surface area contributed by atoms with Gasteiger partial charge in [0.05, 0.1) is 6.61 Å². The van der Waals surface area contributed by atoms with Crippen molar-refractivity contribution in [2.45, 2.75) is 37.9 Å². The average molecular weight is 504 g/mol. The average Bonchev–Trinajstić information content (AvgIpc) is 3.17. The van der Waals surface area contributed by atoms with Gasteiger partial charge in [0.2, 0.25) is 0 Å². The van der Waals surface area contributed by atoms with Crippen LogP contribution in [0.2, 0.25) is 0 Å².